The van der Waals surface area contributed by atoms with Crippen LogP contribution in [-0.4, -0.2) is 49.2 Å². The molecule has 17 heavy (non-hydrogen) atoms. The molecule has 0 aliphatic carbocycles. The summed E-state index contributed by atoms with van der Waals surface area (Å²) in [5.74, 6) is -0.614. The number of aromatic carboxylic acids is 1. The molecule has 6 nitrogen and oxygen atoms in total. The summed E-state index contributed by atoms with van der Waals surface area (Å²) >= 11 is 0. The van der Waals surface area contributed by atoms with Crippen molar-refractivity contribution in [1.29, 1.82) is 0 Å². The molecule has 1 fully saturated rings. The minimum atomic E-state index is -1.23. The summed E-state index contributed by atoms with van der Waals surface area (Å²) in [4.78, 5) is 22.6. The first kappa shape index (κ1) is 11.8. The topological polar surface area (TPSA) is 73.6 Å². The Balaban J connectivity index is 2.17. The Hall–Kier alpha value is -1.69. The molecule has 1 saturated heterocycles. The van der Waals surface area contributed by atoms with Gasteiger partial charge in [-0.3, -0.25) is 0 Å². The number of carboxylic acids is 1. The molecule has 0 atom stereocenters. The Kier molecular flexibility index (Phi) is 3.23. The SMILES string of the molecule is Cc1nc(N2CC[NH+](C)CC2)ncc1C(=O)[O-]. The Labute approximate surface area is 99.9 Å². The van der Waals surface area contributed by atoms with Crippen LogP contribution in [0, 0.1) is 6.92 Å². The van der Waals surface area contributed by atoms with E-state index < -0.39 is 5.97 Å². The first-order chi connectivity index (χ1) is 8.08. The van der Waals surface area contributed by atoms with Gasteiger partial charge in [0, 0.05) is 11.8 Å². The molecule has 1 N–H and O–H groups in total. The van der Waals surface area contributed by atoms with E-state index in [2.05, 4.69) is 21.9 Å². The average molecular weight is 236 g/mol. The molecular weight excluding hydrogens is 220 g/mol. The van der Waals surface area contributed by atoms with Crippen molar-refractivity contribution >= 4 is 11.9 Å². The second-order valence-corrected chi connectivity index (χ2v) is 4.40. The number of aromatic nitrogens is 2. The van der Waals surface area contributed by atoms with Crippen LogP contribution in [0.2, 0.25) is 0 Å². The quantitative estimate of drug-likeness (QED) is 0.613. The zero-order valence-corrected chi connectivity index (χ0v) is 10.1. The van der Waals surface area contributed by atoms with Crippen molar-refractivity contribution in [3.8, 4) is 0 Å². The van der Waals surface area contributed by atoms with Crippen LogP contribution >= 0.6 is 0 Å². The van der Waals surface area contributed by atoms with Crippen molar-refractivity contribution in [2.24, 2.45) is 0 Å². The summed E-state index contributed by atoms with van der Waals surface area (Å²) in [5.41, 5.74) is 0.523. The number of nitrogens with zero attached hydrogens (tertiary/aromatic N) is 3. The van der Waals surface area contributed by atoms with Crippen LogP contribution in [0.1, 0.15) is 16.1 Å². The first-order valence-electron chi connectivity index (χ1n) is 5.69. The van der Waals surface area contributed by atoms with Crippen molar-refractivity contribution in [2.45, 2.75) is 6.92 Å². The third kappa shape index (κ3) is 2.52. The maximum atomic E-state index is 10.7. The number of anilines is 1. The maximum Gasteiger partial charge on any atom is 0.225 e. The number of likely N-dealkylation sites (N-methyl/N-ethyl adjacent to an activating group) is 1. The number of hydrogen-bond donors (Lipinski definition) is 1. The number of aryl methyl sites for hydroxylation is 1. The highest BCUT2D eigenvalue weighted by Gasteiger charge is 2.19. The van der Waals surface area contributed by atoms with Crippen LogP contribution in [0.5, 0.6) is 0 Å². The van der Waals surface area contributed by atoms with Gasteiger partial charge in [-0.1, -0.05) is 0 Å². The van der Waals surface area contributed by atoms with E-state index in [1.807, 2.05) is 0 Å². The number of quaternary nitrogens is 1. The number of carboxylic acid groups (broad SMARTS) is 1. The largest absolute Gasteiger partial charge is 0.545 e. The fourth-order valence-electron chi connectivity index (χ4n) is 1.90. The second-order valence-electron chi connectivity index (χ2n) is 4.40. The van der Waals surface area contributed by atoms with Gasteiger partial charge >= 0.3 is 0 Å². The summed E-state index contributed by atoms with van der Waals surface area (Å²) in [6.45, 7) is 5.55. The summed E-state index contributed by atoms with van der Waals surface area (Å²) in [6, 6.07) is 0. The molecule has 1 aromatic heterocycles. The molecule has 0 bridgehead atoms. The van der Waals surface area contributed by atoms with Gasteiger partial charge in [0.1, 0.15) is 0 Å². The van der Waals surface area contributed by atoms with E-state index in [0.29, 0.717) is 11.6 Å². The van der Waals surface area contributed by atoms with Gasteiger partial charge < -0.3 is 19.7 Å². The van der Waals surface area contributed by atoms with E-state index in [-0.39, 0.29) is 5.56 Å². The van der Waals surface area contributed by atoms with Crippen LogP contribution in [0.3, 0.4) is 0 Å². The van der Waals surface area contributed by atoms with E-state index in [4.69, 9.17) is 0 Å². The molecule has 0 saturated carbocycles. The fraction of sp³-hybridized carbons (Fsp3) is 0.545. The van der Waals surface area contributed by atoms with Crippen LogP contribution in [0.15, 0.2) is 6.20 Å². The Morgan fingerprint density at radius 1 is 1.47 bits per heavy atom. The highest BCUT2D eigenvalue weighted by molar-refractivity contribution is 5.86. The number of rotatable bonds is 2. The summed E-state index contributed by atoms with van der Waals surface area (Å²) < 4.78 is 0. The van der Waals surface area contributed by atoms with Crippen LogP contribution in [0.25, 0.3) is 0 Å². The predicted molar refractivity (Wildman–Crippen MR) is 59.9 cm³/mol. The van der Waals surface area contributed by atoms with Crippen LogP contribution < -0.4 is 14.9 Å². The Bertz CT molecular complexity index is 427. The molecule has 1 aliphatic rings. The standard InChI is InChI=1S/C11H16N4O2/c1-8-9(10(16)17)7-12-11(13-8)15-5-3-14(2)4-6-15/h7H,3-6H2,1-2H3,(H,16,17). The van der Waals surface area contributed by atoms with Gasteiger partial charge in [-0.25, -0.2) is 9.97 Å². The second kappa shape index (κ2) is 4.67. The molecule has 2 rings (SSSR count). The highest BCUT2D eigenvalue weighted by atomic mass is 16.4. The molecule has 2 heterocycles. The molecule has 1 aromatic rings. The first-order valence-corrected chi connectivity index (χ1v) is 5.69. The summed E-state index contributed by atoms with van der Waals surface area (Å²) in [5, 5.41) is 10.7. The van der Waals surface area contributed by atoms with E-state index in [1.54, 1.807) is 6.92 Å². The van der Waals surface area contributed by atoms with E-state index >= 15 is 0 Å². The van der Waals surface area contributed by atoms with Gasteiger partial charge in [0.15, 0.2) is 0 Å². The van der Waals surface area contributed by atoms with Gasteiger partial charge in [0.25, 0.3) is 0 Å². The van der Waals surface area contributed by atoms with Crippen molar-refractivity contribution in [3.63, 3.8) is 0 Å². The normalized spacial score (nSPS) is 17.2. The lowest BCUT2D eigenvalue weighted by atomic mass is 10.2. The molecule has 92 valence electrons. The molecule has 0 aromatic carbocycles. The lowest BCUT2D eigenvalue weighted by Crippen LogP contribution is -3.12. The smallest absolute Gasteiger partial charge is 0.225 e. The monoisotopic (exact) mass is 236 g/mol. The maximum absolute atomic E-state index is 10.7. The number of nitrogens with one attached hydrogen (secondary N) is 1. The number of carbonyl (C=O) groups excluding carboxylic acids is 1. The number of carbonyl (C=O) groups is 1. The highest BCUT2D eigenvalue weighted by Crippen LogP contribution is 2.10. The molecule has 6 heteroatoms. The summed E-state index contributed by atoms with van der Waals surface area (Å²) in [7, 11) is 2.16. The van der Waals surface area contributed by atoms with Gasteiger partial charge in [0.05, 0.1) is 44.9 Å². The minimum absolute atomic E-state index is 0.0634. The van der Waals surface area contributed by atoms with Gasteiger partial charge in [0.2, 0.25) is 5.95 Å². The van der Waals surface area contributed by atoms with Crippen LogP contribution in [0.4, 0.5) is 5.95 Å². The summed E-state index contributed by atoms with van der Waals surface area (Å²) in [6.07, 6.45) is 1.33. The Morgan fingerprint density at radius 2 is 2.12 bits per heavy atom. The molecule has 0 spiro atoms. The predicted octanol–water partition coefficient (Wildman–Crippen LogP) is -2.52. The third-order valence-electron chi connectivity index (χ3n) is 3.09. The molecule has 0 amide bonds. The molecule has 1 aliphatic heterocycles. The van der Waals surface area contributed by atoms with Gasteiger partial charge in [-0.05, 0) is 6.92 Å². The fourth-order valence-corrected chi connectivity index (χ4v) is 1.90. The van der Waals surface area contributed by atoms with Crippen molar-refractivity contribution in [2.75, 3.05) is 38.1 Å². The zero-order valence-electron chi connectivity index (χ0n) is 10.1. The third-order valence-corrected chi connectivity index (χ3v) is 3.09. The number of hydrogen-bond acceptors (Lipinski definition) is 5. The zero-order chi connectivity index (χ0) is 12.4. The van der Waals surface area contributed by atoms with Crippen molar-refractivity contribution in [1.82, 2.24) is 9.97 Å². The molecule has 0 radical (unpaired) electrons. The lowest BCUT2D eigenvalue weighted by molar-refractivity contribution is -0.880. The van der Waals surface area contributed by atoms with Crippen molar-refractivity contribution in [3.05, 3.63) is 17.5 Å². The minimum Gasteiger partial charge on any atom is -0.545 e. The van der Waals surface area contributed by atoms with Crippen LogP contribution in [-0.2, 0) is 0 Å². The van der Waals surface area contributed by atoms with E-state index in [1.165, 1.54) is 11.1 Å². The average Bonchev–Trinajstić information content (AvgIpc) is 2.29. The van der Waals surface area contributed by atoms with E-state index in [0.717, 1.165) is 26.2 Å². The molecular formula is C11H16N4O2. The molecule has 0 unspecified atom stereocenters. The van der Waals surface area contributed by atoms with Gasteiger partial charge in [-0.2, -0.15) is 0 Å². The Morgan fingerprint density at radius 3 is 2.65 bits per heavy atom. The lowest BCUT2D eigenvalue weighted by Gasteiger charge is -2.30. The van der Waals surface area contributed by atoms with Gasteiger partial charge in [-0.15, -0.1) is 0 Å². The van der Waals surface area contributed by atoms with E-state index in [9.17, 15) is 9.90 Å². The number of piperazine rings is 1. The van der Waals surface area contributed by atoms with Crippen molar-refractivity contribution < 1.29 is 14.8 Å².